The lowest BCUT2D eigenvalue weighted by Gasteiger charge is -2.51. The van der Waals surface area contributed by atoms with Crippen LogP contribution in [0, 0.1) is 5.92 Å². The number of carbonyl (C=O) groups is 1. The summed E-state index contributed by atoms with van der Waals surface area (Å²) in [4.78, 5) is 20.1. The average molecular weight is 473 g/mol. The molecule has 2 saturated heterocycles. The van der Waals surface area contributed by atoms with E-state index in [2.05, 4.69) is 60.3 Å². The summed E-state index contributed by atoms with van der Waals surface area (Å²) in [6.07, 6.45) is 5.21. The van der Waals surface area contributed by atoms with Crippen molar-refractivity contribution in [2.75, 3.05) is 53.0 Å². The maximum Gasteiger partial charge on any atom is 0.317 e. The van der Waals surface area contributed by atoms with E-state index < -0.39 is 0 Å². The Morgan fingerprint density at radius 2 is 1.94 bits per heavy atom. The smallest absolute Gasteiger partial charge is 0.317 e. The van der Waals surface area contributed by atoms with Gasteiger partial charge in [-0.05, 0) is 51.3 Å². The molecule has 7 heteroatoms. The van der Waals surface area contributed by atoms with Crippen molar-refractivity contribution in [3.05, 3.63) is 35.9 Å². The van der Waals surface area contributed by atoms with Gasteiger partial charge in [-0.1, -0.05) is 37.3 Å². The molecule has 1 saturated carbocycles. The van der Waals surface area contributed by atoms with Crippen molar-refractivity contribution in [2.24, 2.45) is 5.92 Å². The van der Waals surface area contributed by atoms with E-state index in [0.717, 1.165) is 64.8 Å². The minimum absolute atomic E-state index is 0.0643. The largest absolute Gasteiger partial charge is 0.348 e. The Morgan fingerprint density at radius 1 is 1.18 bits per heavy atom. The number of ether oxygens (including phenoxy) is 2. The van der Waals surface area contributed by atoms with Crippen LogP contribution in [-0.2, 0) is 16.0 Å². The van der Waals surface area contributed by atoms with Gasteiger partial charge in [0.05, 0.1) is 13.2 Å². The number of benzene rings is 1. The number of rotatable bonds is 9. The van der Waals surface area contributed by atoms with Gasteiger partial charge in [-0.15, -0.1) is 0 Å². The van der Waals surface area contributed by atoms with Crippen LogP contribution in [0.1, 0.15) is 51.5 Å². The number of fused-ring (bicyclic) bond motifs is 1. The molecule has 1 aromatic rings. The molecule has 7 nitrogen and oxygen atoms in total. The van der Waals surface area contributed by atoms with Crippen LogP contribution in [0.25, 0.3) is 0 Å². The number of amides is 2. The number of nitrogens with zero attached hydrogens (tertiary/aromatic N) is 3. The van der Waals surface area contributed by atoms with Crippen molar-refractivity contribution in [1.82, 2.24) is 20.0 Å². The Bertz CT molecular complexity index is 770. The van der Waals surface area contributed by atoms with E-state index >= 15 is 0 Å². The molecule has 3 atom stereocenters. The molecular formula is C27H44N4O3. The Labute approximate surface area is 205 Å². The fourth-order valence-corrected chi connectivity index (χ4v) is 6.16. The summed E-state index contributed by atoms with van der Waals surface area (Å²) in [5.41, 5.74) is 1.30. The van der Waals surface area contributed by atoms with Gasteiger partial charge in [0.2, 0.25) is 0 Å². The number of likely N-dealkylation sites (tertiary alicyclic amines) is 1. The molecule has 2 aliphatic heterocycles. The van der Waals surface area contributed by atoms with Gasteiger partial charge in [-0.25, -0.2) is 4.79 Å². The predicted molar refractivity (Wildman–Crippen MR) is 135 cm³/mol. The molecule has 1 N–H and O–H groups in total. The number of likely N-dealkylation sites (N-methyl/N-ethyl adjacent to an activating group) is 2. The molecule has 0 bridgehead atoms. The zero-order valence-electron chi connectivity index (χ0n) is 21.4. The van der Waals surface area contributed by atoms with Gasteiger partial charge < -0.3 is 24.6 Å². The Morgan fingerprint density at radius 3 is 2.65 bits per heavy atom. The van der Waals surface area contributed by atoms with Gasteiger partial charge in [-0.2, -0.15) is 0 Å². The lowest BCUT2D eigenvalue weighted by Crippen LogP contribution is -2.60. The second-order valence-corrected chi connectivity index (χ2v) is 10.4. The highest BCUT2D eigenvalue weighted by Crippen LogP contribution is 2.44. The Balaban J connectivity index is 1.31. The van der Waals surface area contributed by atoms with Gasteiger partial charge in [0, 0.05) is 57.6 Å². The van der Waals surface area contributed by atoms with Crippen LogP contribution in [0.5, 0.6) is 0 Å². The van der Waals surface area contributed by atoms with Gasteiger partial charge in [-0.3, -0.25) is 4.90 Å². The van der Waals surface area contributed by atoms with Gasteiger partial charge in [0.1, 0.15) is 0 Å². The summed E-state index contributed by atoms with van der Waals surface area (Å²) in [6, 6.07) is 11.3. The fraction of sp³-hybridized carbons (Fsp3) is 0.741. The summed E-state index contributed by atoms with van der Waals surface area (Å²) >= 11 is 0. The minimum Gasteiger partial charge on any atom is -0.348 e. The van der Waals surface area contributed by atoms with E-state index in [1.165, 1.54) is 5.56 Å². The minimum atomic E-state index is -0.371. The number of nitrogens with one attached hydrogen (secondary N) is 1. The number of hydrogen-bond donors (Lipinski definition) is 1. The third-order valence-corrected chi connectivity index (χ3v) is 7.82. The molecule has 3 fully saturated rings. The summed E-state index contributed by atoms with van der Waals surface area (Å²) in [6.45, 7) is 11.0. The second-order valence-electron chi connectivity index (χ2n) is 10.4. The van der Waals surface area contributed by atoms with Crippen LogP contribution in [0.4, 0.5) is 4.79 Å². The van der Waals surface area contributed by atoms with E-state index in [9.17, 15) is 4.79 Å². The second kappa shape index (κ2) is 11.8. The van der Waals surface area contributed by atoms with Crippen molar-refractivity contribution in [2.45, 2.75) is 70.4 Å². The van der Waals surface area contributed by atoms with Gasteiger partial charge in [0.15, 0.2) is 5.79 Å². The van der Waals surface area contributed by atoms with Crippen LogP contribution in [-0.4, -0.2) is 91.6 Å². The van der Waals surface area contributed by atoms with Crippen LogP contribution in [0.3, 0.4) is 0 Å². The standard InChI is InChI=1S/C27H44N4O3/c1-4-13-31-21-24(18-23-19-27(12-11-25(23)31)33-16-17-34-27)28-26(32)30(5-2)15-14-29(3)20-22-9-7-6-8-10-22/h6-10,23-25H,4-5,11-21H2,1-3H3,(H,28,32)/t23-,24+,25-/m1/s1. The Kier molecular flexibility index (Phi) is 8.86. The summed E-state index contributed by atoms with van der Waals surface area (Å²) in [7, 11) is 2.12. The summed E-state index contributed by atoms with van der Waals surface area (Å²) in [5.74, 6) is 0.133. The van der Waals surface area contributed by atoms with Crippen molar-refractivity contribution in [3.8, 4) is 0 Å². The van der Waals surface area contributed by atoms with Crippen LogP contribution >= 0.6 is 0 Å². The van der Waals surface area contributed by atoms with Gasteiger partial charge >= 0.3 is 6.03 Å². The monoisotopic (exact) mass is 472 g/mol. The molecule has 2 amide bonds. The molecule has 2 heterocycles. The molecule has 34 heavy (non-hydrogen) atoms. The third-order valence-electron chi connectivity index (χ3n) is 7.82. The molecule has 1 spiro atoms. The van der Waals surface area contributed by atoms with Crippen molar-refractivity contribution in [1.29, 1.82) is 0 Å². The topological polar surface area (TPSA) is 57.3 Å². The lowest BCUT2D eigenvalue weighted by molar-refractivity contribution is -0.201. The summed E-state index contributed by atoms with van der Waals surface area (Å²) < 4.78 is 12.1. The molecule has 0 unspecified atom stereocenters. The molecule has 4 rings (SSSR count). The van der Waals surface area contributed by atoms with Crippen molar-refractivity contribution in [3.63, 3.8) is 0 Å². The fourth-order valence-electron chi connectivity index (χ4n) is 6.16. The van der Waals surface area contributed by atoms with Crippen LogP contribution in [0.2, 0.25) is 0 Å². The van der Waals surface area contributed by atoms with E-state index in [1.807, 2.05) is 11.0 Å². The van der Waals surface area contributed by atoms with E-state index in [4.69, 9.17) is 9.47 Å². The average Bonchev–Trinajstić information content (AvgIpc) is 3.27. The molecule has 0 radical (unpaired) electrons. The number of piperidine rings is 1. The van der Waals surface area contributed by atoms with E-state index in [-0.39, 0.29) is 17.9 Å². The molecule has 1 aliphatic carbocycles. The van der Waals surface area contributed by atoms with Gasteiger partial charge in [0.25, 0.3) is 0 Å². The molecule has 1 aromatic carbocycles. The molecule has 190 valence electrons. The normalized spacial score (nSPS) is 26.5. The van der Waals surface area contributed by atoms with Crippen molar-refractivity contribution >= 4 is 6.03 Å². The third kappa shape index (κ3) is 6.30. The first-order valence-electron chi connectivity index (χ1n) is 13.3. The quantitative estimate of drug-likeness (QED) is 0.596. The SMILES string of the molecule is CCCN1C[C@@H](NC(=O)N(CC)CCN(C)Cc2ccccc2)C[C@@H]2CC3(CC[C@H]21)OCCO3. The van der Waals surface area contributed by atoms with Crippen LogP contribution < -0.4 is 5.32 Å². The van der Waals surface area contributed by atoms with E-state index in [1.54, 1.807) is 0 Å². The van der Waals surface area contributed by atoms with Crippen molar-refractivity contribution < 1.29 is 14.3 Å². The zero-order valence-corrected chi connectivity index (χ0v) is 21.4. The predicted octanol–water partition coefficient (Wildman–Crippen LogP) is 3.55. The molecule has 0 aromatic heterocycles. The maximum absolute atomic E-state index is 13.2. The highest BCUT2D eigenvalue weighted by molar-refractivity contribution is 5.74. The Hall–Kier alpha value is -1.67. The first kappa shape index (κ1) is 25.4. The number of urea groups is 1. The first-order valence-corrected chi connectivity index (χ1v) is 13.3. The first-order chi connectivity index (χ1) is 16.5. The zero-order chi connectivity index (χ0) is 24.0. The van der Waals surface area contributed by atoms with Crippen LogP contribution in [0.15, 0.2) is 30.3 Å². The maximum atomic E-state index is 13.2. The molecular weight excluding hydrogens is 428 g/mol. The molecule has 3 aliphatic rings. The highest BCUT2D eigenvalue weighted by Gasteiger charge is 2.49. The number of hydrogen-bond acceptors (Lipinski definition) is 5. The number of carbonyl (C=O) groups excluding carboxylic acids is 1. The summed E-state index contributed by atoms with van der Waals surface area (Å²) in [5, 5.41) is 3.39. The lowest BCUT2D eigenvalue weighted by atomic mass is 9.74. The highest BCUT2D eigenvalue weighted by atomic mass is 16.7. The van der Waals surface area contributed by atoms with E-state index in [0.29, 0.717) is 31.7 Å².